The van der Waals surface area contributed by atoms with Crippen LogP contribution in [-0.2, 0) is 21.4 Å². The topological polar surface area (TPSA) is 109 Å². The Bertz CT molecular complexity index is 1330. The van der Waals surface area contributed by atoms with E-state index >= 15 is 0 Å². The second kappa shape index (κ2) is 12.0. The predicted octanol–water partition coefficient (Wildman–Crippen LogP) is 5.67. The summed E-state index contributed by atoms with van der Waals surface area (Å²) in [5, 5.41) is 8.89. The van der Waals surface area contributed by atoms with Crippen LogP contribution in [0.3, 0.4) is 0 Å². The maximum absolute atomic E-state index is 13.5. The molecule has 8 nitrogen and oxygen atoms in total. The molecule has 0 amide bonds. The molecule has 0 spiro atoms. The van der Waals surface area contributed by atoms with Crippen LogP contribution in [0.15, 0.2) is 52.2 Å². The van der Waals surface area contributed by atoms with E-state index in [2.05, 4.69) is 14.6 Å². The second-order valence-corrected chi connectivity index (χ2v) is 11.9. The summed E-state index contributed by atoms with van der Waals surface area (Å²) in [4.78, 5) is 14.8. The SMILES string of the molecule is O=CO.O=S(=O)(Nc1cscn1)c1ccc(OC2C[C@H]3CC[C@@H](C2)N3Cc2ccc(F)c(Cl)c2)c(Cl)c1. The molecular weight excluding hydrogens is 564 g/mol. The number of piperidine rings is 1. The minimum atomic E-state index is -3.79. The molecule has 0 saturated carbocycles. The molecule has 37 heavy (non-hydrogen) atoms. The largest absolute Gasteiger partial charge is 0.489 e. The first-order valence-corrected chi connectivity index (χ1v) is 14.5. The van der Waals surface area contributed by atoms with Crippen LogP contribution in [0.2, 0.25) is 10.0 Å². The third kappa shape index (κ3) is 6.71. The Morgan fingerprint density at radius 2 is 1.86 bits per heavy atom. The highest BCUT2D eigenvalue weighted by molar-refractivity contribution is 7.92. The van der Waals surface area contributed by atoms with E-state index in [1.807, 2.05) is 0 Å². The maximum atomic E-state index is 13.5. The van der Waals surface area contributed by atoms with Crippen LogP contribution in [0.25, 0.3) is 0 Å². The van der Waals surface area contributed by atoms with Crippen molar-refractivity contribution in [2.75, 3.05) is 4.72 Å². The molecule has 3 aromatic rings. The Morgan fingerprint density at radius 3 is 2.46 bits per heavy atom. The number of hydrogen-bond acceptors (Lipinski definition) is 7. The Morgan fingerprint density at radius 1 is 1.16 bits per heavy atom. The number of benzene rings is 2. The molecule has 2 aliphatic heterocycles. The van der Waals surface area contributed by atoms with Crippen LogP contribution in [0.5, 0.6) is 5.75 Å². The molecule has 2 aromatic carbocycles. The smallest absolute Gasteiger partial charge is 0.290 e. The zero-order valence-corrected chi connectivity index (χ0v) is 22.5. The number of nitrogens with zero attached hydrogens (tertiary/aromatic N) is 2. The molecule has 2 fully saturated rings. The van der Waals surface area contributed by atoms with Gasteiger partial charge in [0.1, 0.15) is 17.7 Å². The first kappa shape index (κ1) is 27.6. The fraction of sp³-hybridized carbons (Fsp3) is 0.333. The van der Waals surface area contributed by atoms with Gasteiger partial charge in [-0.05, 0) is 61.6 Å². The van der Waals surface area contributed by atoms with Gasteiger partial charge in [0.15, 0.2) is 5.82 Å². The quantitative estimate of drug-likeness (QED) is 0.343. The minimum absolute atomic E-state index is 0.0151. The van der Waals surface area contributed by atoms with E-state index in [9.17, 15) is 12.8 Å². The van der Waals surface area contributed by atoms with Crippen LogP contribution < -0.4 is 9.46 Å². The van der Waals surface area contributed by atoms with E-state index in [0.29, 0.717) is 17.8 Å². The third-order valence-electron chi connectivity index (χ3n) is 6.37. The number of nitrogens with one attached hydrogen (secondary N) is 1. The third-order valence-corrected chi connectivity index (χ3v) is 8.89. The monoisotopic (exact) mass is 587 g/mol. The summed E-state index contributed by atoms with van der Waals surface area (Å²) < 4.78 is 47.3. The standard InChI is InChI=1S/C23H22Cl2FN3O3S2.CH2O2/c24-19-7-14(1-5-21(19)26)11-29-15-2-3-16(29)9-17(8-15)32-22-6-4-18(10-20(22)25)34(30,31)28-23-12-33-13-27-23;2-1-3/h1,4-7,10,12-13,15-17,28H,2-3,8-9,11H2;1H,(H,2,3)/t15-,16+,17?;. The van der Waals surface area contributed by atoms with Crippen molar-refractivity contribution < 1.29 is 27.4 Å². The zero-order chi connectivity index (χ0) is 26.6. The summed E-state index contributed by atoms with van der Waals surface area (Å²) >= 11 is 13.7. The lowest BCUT2D eigenvalue weighted by Gasteiger charge is -2.39. The van der Waals surface area contributed by atoms with Gasteiger partial charge in [-0.2, -0.15) is 0 Å². The van der Waals surface area contributed by atoms with Crippen molar-refractivity contribution in [3.05, 3.63) is 68.7 Å². The number of sulfonamides is 1. The summed E-state index contributed by atoms with van der Waals surface area (Å²) in [6.45, 7) is 0.474. The Labute approximate surface area is 228 Å². The lowest BCUT2D eigenvalue weighted by atomic mass is 9.98. The van der Waals surface area contributed by atoms with E-state index in [1.165, 1.54) is 29.5 Å². The highest BCUT2D eigenvalue weighted by Gasteiger charge is 2.41. The number of ether oxygens (including phenoxy) is 1. The zero-order valence-electron chi connectivity index (χ0n) is 19.4. The van der Waals surface area contributed by atoms with Crippen LogP contribution in [-0.4, -0.2) is 48.1 Å². The number of fused-ring (bicyclic) bond motifs is 2. The van der Waals surface area contributed by atoms with Gasteiger partial charge >= 0.3 is 0 Å². The fourth-order valence-electron chi connectivity index (χ4n) is 4.81. The van der Waals surface area contributed by atoms with Crippen molar-refractivity contribution in [1.29, 1.82) is 0 Å². The number of hydrogen-bond donors (Lipinski definition) is 2. The summed E-state index contributed by atoms with van der Waals surface area (Å²) in [6.07, 6.45) is 3.82. The Kier molecular flexibility index (Phi) is 8.91. The molecule has 5 rings (SSSR count). The molecule has 13 heteroatoms. The maximum Gasteiger partial charge on any atom is 0.290 e. The molecule has 2 N–H and O–H groups in total. The molecule has 3 heterocycles. The Balaban J connectivity index is 0.00000102. The van der Waals surface area contributed by atoms with Crippen molar-refractivity contribution in [2.45, 2.75) is 55.3 Å². The van der Waals surface area contributed by atoms with Gasteiger partial charge in [0.05, 0.1) is 20.5 Å². The van der Waals surface area contributed by atoms with Gasteiger partial charge in [0.2, 0.25) is 0 Å². The van der Waals surface area contributed by atoms with Gasteiger partial charge in [0, 0.05) is 24.0 Å². The lowest BCUT2D eigenvalue weighted by Crippen LogP contribution is -2.45. The molecule has 2 aliphatic rings. The van der Waals surface area contributed by atoms with Gasteiger partial charge in [-0.3, -0.25) is 14.4 Å². The lowest BCUT2D eigenvalue weighted by molar-refractivity contribution is -0.122. The summed E-state index contributed by atoms with van der Waals surface area (Å²) in [5.74, 6) is 0.333. The molecule has 0 aliphatic carbocycles. The summed E-state index contributed by atoms with van der Waals surface area (Å²) in [7, 11) is -3.79. The molecule has 0 radical (unpaired) electrons. The highest BCUT2D eigenvalue weighted by Crippen LogP contribution is 2.39. The second-order valence-electron chi connectivity index (χ2n) is 8.69. The van der Waals surface area contributed by atoms with E-state index in [1.54, 1.807) is 29.1 Å². The summed E-state index contributed by atoms with van der Waals surface area (Å²) in [5.41, 5.74) is 2.54. The van der Waals surface area contributed by atoms with Crippen molar-refractivity contribution in [3.63, 3.8) is 0 Å². The van der Waals surface area contributed by atoms with E-state index in [4.69, 9.17) is 37.8 Å². The number of aromatic nitrogens is 1. The molecule has 1 aromatic heterocycles. The van der Waals surface area contributed by atoms with Crippen LogP contribution >= 0.6 is 34.5 Å². The van der Waals surface area contributed by atoms with Gasteiger partial charge in [-0.15, -0.1) is 11.3 Å². The highest BCUT2D eigenvalue weighted by atomic mass is 35.5. The van der Waals surface area contributed by atoms with Crippen molar-refractivity contribution in [2.24, 2.45) is 0 Å². The van der Waals surface area contributed by atoms with Gasteiger partial charge in [-0.1, -0.05) is 29.3 Å². The minimum Gasteiger partial charge on any atom is -0.489 e. The molecule has 2 bridgehead atoms. The number of anilines is 1. The number of halogens is 3. The average molecular weight is 589 g/mol. The average Bonchev–Trinajstić information content (AvgIpc) is 3.42. The first-order valence-electron chi connectivity index (χ1n) is 11.3. The molecule has 3 atom stereocenters. The normalized spacial score (nSPS) is 21.1. The number of carbonyl (C=O) groups is 1. The van der Waals surface area contributed by atoms with Gasteiger partial charge in [-0.25, -0.2) is 17.8 Å². The number of carboxylic acid groups (broad SMARTS) is 1. The molecular formula is C24H24Cl2FN3O5S2. The Hall–Kier alpha value is -2.44. The predicted molar refractivity (Wildman–Crippen MR) is 140 cm³/mol. The van der Waals surface area contributed by atoms with E-state index in [0.717, 1.165) is 37.8 Å². The van der Waals surface area contributed by atoms with Crippen molar-refractivity contribution in [1.82, 2.24) is 9.88 Å². The van der Waals surface area contributed by atoms with Crippen LogP contribution in [0.4, 0.5) is 10.2 Å². The van der Waals surface area contributed by atoms with Crippen LogP contribution in [0.1, 0.15) is 31.2 Å². The molecule has 2 saturated heterocycles. The van der Waals surface area contributed by atoms with Crippen LogP contribution in [0, 0.1) is 5.82 Å². The van der Waals surface area contributed by atoms with Crippen molar-refractivity contribution >= 4 is 56.9 Å². The first-order chi connectivity index (χ1) is 17.7. The van der Waals surface area contributed by atoms with E-state index < -0.39 is 15.8 Å². The summed E-state index contributed by atoms with van der Waals surface area (Å²) in [6, 6.07) is 10.1. The number of thiazole rings is 1. The fourth-order valence-corrected chi connectivity index (χ4v) is 6.89. The number of rotatable bonds is 7. The van der Waals surface area contributed by atoms with E-state index in [-0.39, 0.29) is 33.3 Å². The van der Waals surface area contributed by atoms with Gasteiger partial charge in [0.25, 0.3) is 16.5 Å². The van der Waals surface area contributed by atoms with Gasteiger partial charge < -0.3 is 9.84 Å². The molecule has 198 valence electrons. The van der Waals surface area contributed by atoms with Crippen molar-refractivity contribution in [3.8, 4) is 5.75 Å². The molecule has 1 unspecified atom stereocenters.